The molecule has 0 bridgehead atoms. The number of benzene rings is 2. The van der Waals surface area contributed by atoms with Crippen molar-refractivity contribution in [2.24, 2.45) is 17.9 Å². The van der Waals surface area contributed by atoms with Crippen LogP contribution in [-0.2, 0) is 7.05 Å². The lowest BCUT2D eigenvalue weighted by atomic mass is 9.98. The van der Waals surface area contributed by atoms with E-state index in [2.05, 4.69) is 15.9 Å². The number of ether oxygens (including phenoxy) is 1. The van der Waals surface area contributed by atoms with E-state index >= 15 is 0 Å². The zero-order chi connectivity index (χ0) is 19.1. The number of nitrogens with two attached hydrogens (primary N) is 1. The summed E-state index contributed by atoms with van der Waals surface area (Å²) in [5.74, 6) is 0.510. The Balaban J connectivity index is 1.78. The molecule has 1 aromatic heterocycles. The maximum atomic E-state index is 13.3. The number of halogens is 1. The highest BCUT2D eigenvalue weighted by molar-refractivity contribution is 7.80. The molecule has 0 saturated heterocycles. The topological polar surface area (TPSA) is 55.8 Å². The molecule has 1 aliphatic heterocycles. The molecule has 0 spiro atoms. The van der Waals surface area contributed by atoms with E-state index in [0.29, 0.717) is 6.42 Å². The van der Waals surface area contributed by atoms with E-state index in [9.17, 15) is 4.39 Å². The molecule has 0 saturated carbocycles. The number of hydrogen-bond acceptors (Lipinski definition) is 3. The molecule has 2 aromatic carbocycles. The summed E-state index contributed by atoms with van der Waals surface area (Å²) in [6, 6.07) is 12.2. The Bertz CT molecular complexity index is 1060. The summed E-state index contributed by atoms with van der Waals surface area (Å²) in [6.07, 6.45) is 2.70. The Morgan fingerprint density at radius 2 is 2.00 bits per heavy atom. The second-order valence-electron chi connectivity index (χ2n) is 6.53. The second kappa shape index (κ2) is 6.66. The largest absolute Gasteiger partial charge is 0.497 e. The van der Waals surface area contributed by atoms with E-state index in [-0.39, 0.29) is 17.0 Å². The second-order valence-corrected chi connectivity index (χ2v) is 6.95. The van der Waals surface area contributed by atoms with Crippen LogP contribution >= 0.6 is 12.2 Å². The molecule has 0 aliphatic carbocycles. The van der Waals surface area contributed by atoms with Crippen LogP contribution in [0.5, 0.6) is 5.75 Å². The highest BCUT2D eigenvalue weighted by Crippen LogP contribution is 2.38. The minimum Gasteiger partial charge on any atom is -0.497 e. The van der Waals surface area contributed by atoms with Crippen molar-refractivity contribution in [1.82, 2.24) is 9.58 Å². The average molecular weight is 382 g/mol. The Labute approximate surface area is 161 Å². The summed E-state index contributed by atoms with van der Waals surface area (Å²) in [5, 5.41) is 7.57. The third kappa shape index (κ3) is 3.04. The molecule has 1 aliphatic rings. The number of methoxy groups -OCH3 is 1. The van der Waals surface area contributed by atoms with Crippen LogP contribution in [0, 0.1) is 5.82 Å². The highest BCUT2D eigenvalue weighted by atomic mass is 32.1. The molecule has 2 N–H and O–H groups in total. The molecule has 27 heavy (non-hydrogen) atoms. The summed E-state index contributed by atoms with van der Waals surface area (Å²) in [4.78, 5) is 0. The minimum absolute atomic E-state index is 0.127. The number of hydrazone groups is 1. The van der Waals surface area contributed by atoms with Crippen molar-refractivity contribution in [3.05, 3.63) is 65.6 Å². The van der Waals surface area contributed by atoms with Crippen molar-refractivity contribution in [2.75, 3.05) is 7.11 Å². The van der Waals surface area contributed by atoms with Crippen LogP contribution in [0.1, 0.15) is 23.6 Å². The number of aryl methyl sites for hydroxylation is 1. The first-order chi connectivity index (χ1) is 13.0. The fourth-order valence-electron chi connectivity index (χ4n) is 3.57. The van der Waals surface area contributed by atoms with Crippen LogP contribution in [0.3, 0.4) is 0 Å². The number of rotatable bonds is 3. The molecule has 0 fully saturated rings. The quantitative estimate of drug-likeness (QED) is 0.702. The van der Waals surface area contributed by atoms with Gasteiger partial charge < -0.3 is 15.0 Å². The summed E-state index contributed by atoms with van der Waals surface area (Å²) in [6.45, 7) is 0. The lowest BCUT2D eigenvalue weighted by molar-refractivity contribution is 0.374. The Hall–Kier alpha value is -2.93. The third-order valence-electron chi connectivity index (χ3n) is 4.90. The standard InChI is InChI=1S/C20H19FN4OS/c1-24-11-16(15-9-14(26-2)7-8-18(15)24)19-10-17(23-25(19)20(22)27)12-3-5-13(21)6-4-12/h3-9,11,19H,10H2,1-2H3,(H2,22,27). The molecule has 4 rings (SSSR count). The van der Waals surface area contributed by atoms with Crippen LogP contribution in [0.25, 0.3) is 10.9 Å². The van der Waals surface area contributed by atoms with Gasteiger partial charge in [-0.15, -0.1) is 0 Å². The van der Waals surface area contributed by atoms with Crippen LogP contribution in [0.2, 0.25) is 0 Å². The van der Waals surface area contributed by atoms with Crippen molar-refractivity contribution < 1.29 is 9.13 Å². The molecule has 138 valence electrons. The van der Waals surface area contributed by atoms with Gasteiger partial charge >= 0.3 is 0 Å². The van der Waals surface area contributed by atoms with Crippen molar-refractivity contribution in [3.63, 3.8) is 0 Å². The van der Waals surface area contributed by atoms with Gasteiger partial charge in [-0.2, -0.15) is 5.10 Å². The summed E-state index contributed by atoms with van der Waals surface area (Å²) < 4.78 is 20.7. The molecule has 3 aromatic rings. The van der Waals surface area contributed by atoms with Gasteiger partial charge in [0, 0.05) is 36.1 Å². The summed E-state index contributed by atoms with van der Waals surface area (Å²) >= 11 is 5.24. The zero-order valence-electron chi connectivity index (χ0n) is 15.0. The van der Waals surface area contributed by atoms with Gasteiger partial charge in [0.05, 0.1) is 18.9 Å². The van der Waals surface area contributed by atoms with Gasteiger partial charge in [-0.3, -0.25) is 0 Å². The normalized spacial score (nSPS) is 16.6. The van der Waals surface area contributed by atoms with Gasteiger partial charge in [-0.05, 0) is 48.1 Å². The van der Waals surface area contributed by atoms with Crippen molar-refractivity contribution in [2.45, 2.75) is 12.5 Å². The van der Waals surface area contributed by atoms with Gasteiger partial charge in [0.2, 0.25) is 0 Å². The maximum Gasteiger partial charge on any atom is 0.187 e. The van der Waals surface area contributed by atoms with E-state index in [1.54, 1.807) is 24.3 Å². The number of nitrogens with zero attached hydrogens (tertiary/aromatic N) is 3. The Morgan fingerprint density at radius 1 is 1.26 bits per heavy atom. The number of fused-ring (bicyclic) bond motifs is 1. The van der Waals surface area contributed by atoms with Gasteiger partial charge in [-0.1, -0.05) is 12.1 Å². The van der Waals surface area contributed by atoms with E-state index in [4.69, 9.17) is 22.7 Å². The first kappa shape index (κ1) is 17.5. The molecule has 7 heteroatoms. The van der Waals surface area contributed by atoms with Crippen LogP contribution < -0.4 is 10.5 Å². The molecule has 5 nitrogen and oxygen atoms in total. The van der Waals surface area contributed by atoms with Gasteiger partial charge in [0.25, 0.3) is 0 Å². The molecule has 0 radical (unpaired) electrons. The van der Waals surface area contributed by atoms with E-state index in [0.717, 1.165) is 33.5 Å². The first-order valence-electron chi connectivity index (χ1n) is 8.53. The fraction of sp³-hybridized carbons (Fsp3) is 0.200. The molecule has 1 atom stereocenters. The Kier molecular flexibility index (Phi) is 4.31. The highest BCUT2D eigenvalue weighted by Gasteiger charge is 2.32. The SMILES string of the molecule is COc1ccc2c(c1)c(C1CC(c3ccc(F)cc3)=NN1C(N)=S)cn2C. The lowest BCUT2D eigenvalue weighted by Crippen LogP contribution is -2.31. The minimum atomic E-state index is -0.277. The van der Waals surface area contributed by atoms with E-state index in [1.807, 2.05) is 25.2 Å². The molecular weight excluding hydrogens is 363 g/mol. The number of hydrogen-bond donors (Lipinski definition) is 1. The van der Waals surface area contributed by atoms with E-state index in [1.165, 1.54) is 12.1 Å². The van der Waals surface area contributed by atoms with Gasteiger partial charge in [-0.25, -0.2) is 9.40 Å². The lowest BCUT2D eigenvalue weighted by Gasteiger charge is -2.21. The summed E-state index contributed by atoms with van der Waals surface area (Å²) in [7, 11) is 3.65. The number of aromatic nitrogens is 1. The molecular formula is C20H19FN4OS. The average Bonchev–Trinajstić information content (AvgIpc) is 3.24. The van der Waals surface area contributed by atoms with Gasteiger partial charge in [0.15, 0.2) is 5.11 Å². The smallest absolute Gasteiger partial charge is 0.187 e. The van der Waals surface area contributed by atoms with Crippen molar-refractivity contribution in [1.29, 1.82) is 0 Å². The van der Waals surface area contributed by atoms with Crippen LogP contribution in [0.4, 0.5) is 4.39 Å². The summed E-state index contributed by atoms with van der Waals surface area (Å²) in [5.41, 5.74) is 9.80. The predicted octanol–water partition coefficient (Wildman–Crippen LogP) is 3.72. The third-order valence-corrected chi connectivity index (χ3v) is 5.09. The van der Waals surface area contributed by atoms with Crippen LogP contribution in [-0.4, -0.2) is 27.5 Å². The van der Waals surface area contributed by atoms with Crippen molar-refractivity contribution >= 4 is 33.9 Å². The number of thiocarbonyl (C=S) groups is 1. The van der Waals surface area contributed by atoms with Crippen LogP contribution in [0.15, 0.2) is 53.8 Å². The monoisotopic (exact) mass is 382 g/mol. The maximum absolute atomic E-state index is 13.3. The van der Waals surface area contributed by atoms with Gasteiger partial charge in [0.1, 0.15) is 11.6 Å². The fourth-order valence-corrected chi connectivity index (χ4v) is 3.73. The first-order valence-corrected chi connectivity index (χ1v) is 8.94. The zero-order valence-corrected chi connectivity index (χ0v) is 15.8. The molecule has 2 heterocycles. The molecule has 0 amide bonds. The Morgan fingerprint density at radius 3 is 2.67 bits per heavy atom. The molecule has 1 unspecified atom stereocenters. The van der Waals surface area contributed by atoms with Crippen molar-refractivity contribution in [3.8, 4) is 5.75 Å². The predicted molar refractivity (Wildman–Crippen MR) is 108 cm³/mol. The van der Waals surface area contributed by atoms with E-state index < -0.39 is 0 Å².